The van der Waals surface area contributed by atoms with Gasteiger partial charge in [-0.1, -0.05) is 12.1 Å². The molecule has 1 aliphatic rings. The van der Waals surface area contributed by atoms with Crippen LogP contribution >= 0.6 is 0 Å². The molecule has 0 bridgehead atoms. The summed E-state index contributed by atoms with van der Waals surface area (Å²) in [5.74, 6) is 1.26. The highest BCUT2D eigenvalue weighted by molar-refractivity contribution is 5.68. The highest BCUT2D eigenvalue weighted by Gasteiger charge is 2.30. The molecule has 0 radical (unpaired) electrons. The van der Waals surface area contributed by atoms with Crippen LogP contribution in [0.15, 0.2) is 24.3 Å². The summed E-state index contributed by atoms with van der Waals surface area (Å²) in [6.07, 6.45) is 1.90. The number of amides is 1. The van der Waals surface area contributed by atoms with Crippen molar-refractivity contribution in [2.45, 2.75) is 59.1 Å². The summed E-state index contributed by atoms with van der Waals surface area (Å²) in [5.41, 5.74) is 0.552. The lowest BCUT2D eigenvalue weighted by atomic mass is 9.91. The molecule has 2 atom stereocenters. The fourth-order valence-electron chi connectivity index (χ4n) is 3.14. The van der Waals surface area contributed by atoms with E-state index < -0.39 is 5.60 Å². The van der Waals surface area contributed by atoms with E-state index in [2.05, 4.69) is 12.2 Å². The Kier molecular flexibility index (Phi) is 6.57. The minimum absolute atomic E-state index is 0.209. The van der Waals surface area contributed by atoms with Crippen LogP contribution in [0.1, 0.15) is 47.5 Å². The van der Waals surface area contributed by atoms with E-state index in [4.69, 9.17) is 9.47 Å². The van der Waals surface area contributed by atoms with Crippen molar-refractivity contribution in [3.05, 3.63) is 24.3 Å². The summed E-state index contributed by atoms with van der Waals surface area (Å²) in [5, 5.41) is 3.57. The van der Waals surface area contributed by atoms with Crippen LogP contribution in [0, 0.1) is 5.92 Å². The molecular weight excluding hydrogens is 316 g/mol. The van der Waals surface area contributed by atoms with Crippen molar-refractivity contribution in [1.29, 1.82) is 0 Å². The third-order valence-corrected chi connectivity index (χ3v) is 4.39. The predicted molar refractivity (Wildman–Crippen MR) is 101 cm³/mol. The molecule has 0 aliphatic carbocycles. The number of anilines is 1. The molecular formula is C20H32N2O3. The van der Waals surface area contributed by atoms with Crippen LogP contribution in [0.2, 0.25) is 0 Å². The Morgan fingerprint density at radius 1 is 1.36 bits per heavy atom. The molecule has 5 nitrogen and oxygen atoms in total. The first-order chi connectivity index (χ1) is 11.8. The molecule has 0 spiro atoms. The van der Waals surface area contributed by atoms with Crippen molar-refractivity contribution >= 4 is 11.8 Å². The van der Waals surface area contributed by atoms with Crippen molar-refractivity contribution in [2.75, 3.05) is 25.0 Å². The van der Waals surface area contributed by atoms with E-state index in [0.29, 0.717) is 12.5 Å². The average molecular weight is 348 g/mol. The highest BCUT2D eigenvalue weighted by atomic mass is 16.6. The van der Waals surface area contributed by atoms with Gasteiger partial charge in [-0.25, -0.2) is 4.79 Å². The first-order valence-corrected chi connectivity index (χ1v) is 9.26. The third-order valence-electron chi connectivity index (χ3n) is 4.39. The number of piperidine rings is 1. The molecule has 140 valence electrons. The van der Waals surface area contributed by atoms with Crippen LogP contribution in [0.5, 0.6) is 5.75 Å². The van der Waals surface area contributed by atoms with Crippen LogP contribution in [-0.2, 0) is 4.74 Å². The molecule has 0 saturated carbocycles. The number of carbonyl (C=O) groups is 1. The molecule has 1 saturated heterocycles. The second kappa shape index (κ2) is 8.45. The van der Waals surface area contributed by atoms with Crippen molar-refractivity contribution in [1.82, 2.24) is 4.90 Å². The maximum atomic E-state index is 12.3. The number of hydrogen-bond donors (Lipinski definition) is 1. The molecule has 1 heterocycles. The van der Waals surface area contributed by atoms with Crippen molar-refractivity contribution in [3.8, 4) is 5.75 Å². The fourth-order valence-corrected chi connectivity index (χ4v) is 3.14. The minimum atomic E-state index is -0.454. The Bertz CT molecular complexity index is 568. The van der Waals surface area contributed by atoms with Gasteiger partial charge < -0.3 is 19.7 Å². The second-order valence-corrected chi connectivity index (χ2v) is 7.69. The third kappa shape index (κ3) is 5.83. The van der Waals surface area contributed by atoms with Gasteiger partial charge in [0, 0.05) is 19.1 Å². The van der Waals surface area contributed by atoms with Crippen molar-refractivity contribution in [3.63, 3.8) is 0 Å². The fraction of sp³-hybridized carbons (Fsp3) is 0.650. The lowest BCUT2D eigenvalue weighted by Crippen LogP contribution is -2.46. The Balaban J connectivity index is 1.98. The summed E-state index contributed by atoms with van der Waals surface area (Å²) in [7, 11) is 0. The quantitative estimate of drug-likeness (QED) is 0.849. The smallest absolute Gasteiger partial charge is 0.410 e. The first-order valence-electron chi connectivity index (χ1n) is 9.26. The lowest BCUT2D eigenvalue weighted by molar-refractivity contribution is 0.0159. The number of carbonyl (C=O) groups excluding carboxylic acids is 1. The number of likely N-dealkylation sites (tertiary alicyclic amines) is 1. The van der Waals surface area contributed by atoms with Gasteiger partial charge in [-0.2, -0.15) is 0 Å². The standard InChI is InChI=1S/C20H32N2O3/c1-6-24-18-12-8-7-11-17(18)21-15(2)16-10-9-13-22(14-16)19(23)25-20(3,4)5/h7-8,11-12,15-16,21H,6,9-10,13-14H2,1-5H3. The largest absolute Gasteiger partial charge is 0.492 e. The Morgan fingerprint density at radius 2 is 2.08 bits per heavy atom. The van der Waals surface area contributed by atoms with E-state index in [0.717, 1.165) is 37.4 Å². The number of benzene rings is 1. The summed E-state index contributed by atoms with van der Waals surface area (Å²) in [6, 6.07) is 8.24. The lowest BCUT2D eigenvalue weighted by Gasteiger charge is -2.37. The molecule has 1 aliphatic heterocycles. The van der Waals surface area contributed by atoms with Gasteiger partial charge in [-0.3, -0.25) is 0 Å². The number of ether oxygens (including phenoxy) is 2. The molecule has 5 heteroatoms. The van der Waals surface area contributed by atoms with Gasteiger partial charge in [0.2, 0.25) is 0 Å². The van der Waals surface area contributed by atoms with Gasteiger partial charge in [-0.15, -0.1) is 0 Å². The van der Waals surface area contributed by atoms with Crippen molar-refractivity contribution in [2.24, 2.45) is 5.92 Å². The first kappa shape index (κ1) is 19.4. The summed E-state index contributed by atoms with van der Waals surface area (Å²) in [4.78, 5) is 14.2. The SMILES string of the molecule is CCOc1ccccc1NC(C)C1CCCN(C(=O)OC(C)(C)C)C1. The zero-order valence-electron chi connectivity index (χ0n) is 16.2. The van der Waals surface area contributed by atoms with Gasteiger partial charge >= 0.3 is 6.09 Å². The van der Waals surface area contributed by atoms with Crippen LogP contribution in [0.3, 0.4) is 0 Å². The van der Waals surface area contributed by atoms with Gasteiger partial charge in [0.25, 0.3) is 0 Å². The van der Waals surface area contributed by atoms with Crippen LogP contribution < -0.4 is 10.1 Å². The summed E-state index contributed by atoms with van der Waals surface area (Å²) in [6.45, 7) is 12.0. The van der Waals surface area contributed by atoms with E-state index >= 15 is 0 Å². The van der Waals surface area contributed by atoms with Crippen molar-refractivity contribution < 1.29 is 14.3 Å². The maximum Gasteiger partial charge on any atom is 0.410 e. The Morgan fingerprint density at radius 3 is 2.76 bits per heavy atom. The average Bonchev–Trinajstić information content (AvgIpc) is 2.55. The summed E-state index contributed by atoms with van der Waals surface area (Å²) < 4.78 is 11.2. The minimum Gasteiger partial charge on any atom is -0.492 e. The topological polar surface area (TPSA) is 50.8 Å². The van der Waals surface area contributed by atoms with Crippen LogP contribution in [0.25, 0.3) is 0 Å². The van der Waals surface area contributed by atoms with E-state index in [1.165, 1.54) is 0 Å². The molecule has 0 aromatic heterocycles. The Hall–Kier alpha value is -1.91. The van der Waals surface area contributed by atoms with E-state index in [9.17, 15) is 4.79 Å². The van der Waals surface area contributed by atoms with Gasteiger partial charge in [0.05, 0.1) is 12.3 Å². The second-order valence-electron chi connectivity index (χ2n) is 7.69. The summed E-state index contributed by atoms with van der Waals surface area (Å²) >= 11 is 0. The molecule has 1 aromatic rings. The predicted octanol–water partition coefficient (Wildman–Crippen LogP) is 4.53. The zero-order chi connectivity index (χ0) is 18.4. The van der Waals surface area contributed by atoms with Gasteiger partial charge in [0.15, 0.2) is 0 Å². The van der Waals surface area contributed by atoms with Crippen LogP contribution in [0.4, 0.5) is 10.5 Å². The number of hydrogen-bond acceptors (Lipinski definition) is 4. The van der Waals surface area contributed by atoms with E-state index in [1.807, 2.05) is 56.9 Å². The monoisotopic (exact) mass is 348 g/mol. The molecule has 1 fully saturated rings. The number of nitrogens with one attached hydrogen (secondary N) is 1. The normalized spacial score (nSPS) is 19.2. The van der Waals surface area contributed by atoms with Gasteiger partial charge in [-0.05, 0) is 65.5 Å². The number of para-hydroxylation sites is 2. The van der Waals surface area contributed by atoms with E-state index in [-0.39, 0.29) is 12.1 Å². The number of rotatable bonds is 5. The number of nitrogens with zero attached hydrogens (tertiary/aromatic N) is 1. The Labute approximate surface area is 151 Å². The molecule has 2 unspecified atom stereocenters. The van der Waals surface area contributed by atoms with Crippen LogP contribution in [-0.4, -0.2) is 42.3 Å². The molecule has 1 amide bonds. The highest BCUT2D eigenvalue weighted by Crippen LogP contribution is 2.28. The van der Waals surface area contributed by atoms with E-state index in [1.54, 1.807) is 0 Å². The molecule has 25 heavy (non-hydrogen) atoms. The molecule has 1 N–H and O–H groups in total. The molecule has 1 aromatic carbocycles. The zero-order valence-corrected chi connectivity index (χ0v) is 16.2. The van der Waals surface area contributed by atoms with Gasteiger partial charge in [0.1, 0.15) is 11.4 Å². The maximum absolute atomic E-state index is 12.3. The molecule has 2 rings (SSSR count).